The molecule has 0 aliphatic rings. The molecule has 0 saturated heterocycles. The molecule has 0 aliphatic heterocycles. The summed E-state index contributed by atoms with van der Waals surface area (Å²) in [6.45, 7) is 3.23. The van der Waals surface area contributed by atoms with Gasteiger partial charge in [-0.1, -0.05) is 12.1 Å². The molecule has 86 valence electrons. The SMILES string of the molecule is CCCNC(CCSC)c1cnnn1C. The van der Waals surface area contributed by atoms with E-state index in [9.17, 15) is 0 Å². The Bertz CT molecular complexity index is 266. The van der Waals surface area contributed by atoms with Crippen LogP contribution >= 0.6 is 11.8 Å². The lowest BCUT2D eigenvalue weighted by atomic mass is 10.1. The summed E-state index contributed by atoms with van der Waals surface area (Å²) in [5.74, 6) is 1.16. The lowest BCUT2D eigenvalue weighted by Gasteiger charge is -2.17. The van der Waals surface area contributed by atoms with E-state index in [-0.39, 0.29) is 0 Å². The zero-order valence-electron chi connectivity index (χ0n) is 9.73. The number of hydrogen-bond donors (Lipinski definition) is 1. The molecule has 0 aromatic carbocycles. The fourth-order valence-electron chi connectivity index (χ4n) is 1.52. The molecule has 0 aliphatic carbocycles. The molecule has 1 heterocycles. The van der Waals surface area contributed by atoms with Crippen LogP contribution in [0.4, 0.5) is 0 Å². The first-order valence-corrected chi connectivity index (χ1v) is 6.75. The standard InChI is InChI=1S/C10H20N4S/c1-4-6-11-9(5-7-15-3)10-8-12-13-14(10)2/h8-9,11H,4-7H2,1-3H3. The van der Waals surface area contributed by atoms with Gasteiger partial charge in [-0.15, -0.1) is 5.10 Å². The number of hydrogen-bond acceptors (Lipinski definition) is 4. The van der Waals surface area contributed by atoms with Crippen LogP contribution in [-0.4, -0.2) is 33.5 Å². The van der Waals surface area contributed by atoms with Crippen molar-refractivity contribution in [3.05, 3.63) is 11.9 Å². The highest BCUT2D eigenvalue weighted by Gasteiger charge is 2.13. The highest BCUT2D eigenvalue weighted by Crippen LogP contribution is 2.16. The Morgan fingerprint density at radius 2 is 2.40 bits per heavy atom. The summed E-state index contributed by atoms with van der Waals surface area (Å²) >= 11 is 1.88. The van der Waals surface area contributed by atoms with Gasteiger partial charge in [0.15, 0.2) is 0 Å². The van der Waals surface area contributed by atoms with Gasteiger partial charge in [0.05, 0.1) is 17.9 Å². The zero-order chi connectivity index (χ0) is 11.1. The van der Waals surface area contributed by atoms with Crippen LogP contribution in [0.5, 0.6) is 0 Å². The van der Waals surface area contributed by atoms with E-state index in [0.29, 0.717) is 6.04 Å². The summed E-state index contributed by atoms with van der Waals surface area (Å²) in [6, 6.07) is 0.386. The molecule has 0 amide bonds. The highest BCUT2D eigenvalue weighted by molar-refractivity contribution is 7.98. The third-order valence-electron chi connectivity index (χ3n) is 2.36. The van der Waals surface area contributed by atoms with E-state index in [1.807, 2.05) is 29.7 Å². The Morgan fingerprint density at radius 3 is 2.93 bits per heavy atom. The molecule has 0 saturated carbocycles. The van der Waals surface area contributed by atoms with Gasteiger partial charge in [0.25, 0.3) is 0 Å². The van der Waals surface area contributed by atoms with E-state index >= 15 is 0 Å². The predicted octanol–water partition coefficient (Wildman–Crippen LogP) is 1.61. The van der Waals surface area contributed by atoms with Crippen molar-refractivity contribution in [3.8, 4) is 0 Å². The number of nitrogens with zero attached hydrogens (tertiary/aromatic N) is 3. The molecule has 0 spiro atoms. The minimum absolute atomic E-state index is 0.386. The van der Waals surface area contributed by atoms with Gasteiger partial charge in [0.1, 0.15) is 0 Å². The molecule has 1 unspecified atom stereocenters. The van der Waals surface area contributed by atoms with E-state index < -0.39 is 0 Å². The number of nitrogens with one attached hydrogen (secondary N) is 1. The topological polar surface area (TPSA) is 42.7 Å². The van der Waals surface area contributed by atoms with Gasteiger partial charge < -0.3 is 5.32 Å². The molecule has 15 heavy (non-hydrogen) atoms. The molecule has 0 radical (unpaired) electrons. The van der Waals surface area contributed by atoms with Gasteiger partial charge in [-0.05, 0) is 31.4 Å². The monoisotopic (exact) mass is 228 g/mol. The first-order chi connectivity index (χ1) is 7.29. The summed E-state index contributed by atoms with van der Waals surface area (Å²) in [4.78, 5) is 0. The Labute approximate surface area is 95.8 Å². The Morgan fingerprint density at radius 1 is 1.60 bits per heavy atom. The van der Waals surface area contributed by atoms with Crippen LogP contribution < -0.4 is 5.32 Å². The maximum absolute atomic E-state index is 3.97. The molecule has 1 N–H and O–H groups in total. The van der Waals surface area contributed by atoms with Crippen LogP contribution in [-0.2, 0) is 7.05 Å². The second-order valence-electron chi connectivity index (χ2n) is 3.57. The van der Waals surface area contributed by atoms with Gasteiger partial charge >= 0.3 is 0 Å². The van der Waals surface area contributed by atoms with Crippen molar-refractivity contribution in [3.63, 3.8) is 0 Å². The van der Waals surface area contributed by atoms with Crippen molar-refractivity contribution in [2.75, 3.05) is 18.6 Å². The second kappa shape index (κ2) is 6.85. The predicted molar refractivity (Wildman–Crippen MR) is 65.0 cm³/mol. The van der Waals surface area contributed by atoms with Crippen LogP contribution in [0.15, 0.2) is 6.20 Å². The number of aromatic nitrogens is 3. The molecular weight excluding hydrogens is 208 g/mol. The second-order valence-corrected chi connectivity index (χ2v) is 4.56. The molecule has 1 aromatic rings. The summed E-state index contributed by atoms with van der Waals surface area (Å²) in [5.41, 5.74) is 1.18. The van der Waals surface area contributed by atoms with Crippen molar-refractivity contribution < 1.29 is 0 Å². The summed E-state index contributed by atoms with van der Waals surface area (Å²) < 4.78 is 1.85. The Kier molecular flexibility index (Phi) is 5.71. The minimum atomic E-state index is 0.386. The smallest absolute Gasteiger partial charge is 0.0753 e. The number of rotatable bonds is 7. The normalized spacial score (nSPS) is 13.0. The van der Waals surface area contributed by atoms with Crippen LogP contribution in [0.25, 0.3) is 0 Å². The van der Waals surface area contributed by atoms with Crippen LogP contribution in [0.3, 0.4) is 0 Å². The van der Waals surface area contributed by atoms with E-state index in [1.165, 1.54) is 5.69 Å². The summed E-state index contributed by atoms with van der Waals surface area (Å²) in [5, 5.41) is 11.4. The fraction of sp³-hybridized carbons (Fsp3) is 0.800. The summed E-state index contributed by atoms with van der Waals surface area (Å²) in [7, 11) is 1.95. The van der Waals surface area contributed by atoms with Crippen molar-refractivity contribution in [1.82, 2.24) is 20.3 Å². The molecule has 1 aromatic heterocycles. The molecule has 4 nitrogen and oxygen atoms in total. The van der Waals surface area contributed by atoms with Gasteiger partial charge in [0, 0.05) is 7.05 Å². The minimum Gasteiger partial charge on any atom is -0.309 e. The van der Waals surface area contributed by atoms with Crippen LogP contribution in [0.2, 0.25) is 0 Å². The van der Waals surface area contributed by atoms with E-state index in [4.69, 9.17) is 0 Å². The van der Waals surface area contributed by atoms with Crippen LogP contribution in [0.1, 0.15) is 31.5 Å². The average molecular weight is 228 g/mol. The third kappa shape index (κ3) is 3.83. The third-order valence-corrected chi connectivity index (χ3v) is 3.00. The highest BCUT2D eigenvalue weighted by atomic mass is 32.2. The summed E-state index contributed by atoms with van der Waals surface area (Å²) in [6.07, 6.45) is 6.27. The maximum Gasteiger partial charge on any atom is 0.0753 e. The molecule has 1 atom stereocenters. The van der Waals surface area contributed by atoms with E-state index in [1.54, 1.807) is 0 Å². The lowest BCUT2D eigenvalue weighted by molar-refractivity contribution is 0.486. The Balaban J connectivity index is 2.58. The average Bonchev–Trinajstić information content (AvgIpc) is 2.65. The van der Waals surface area contributed by atoms with Crippen molar-refractivity contribution in [1.29, 1.82) is 0 Å². The van der Waals surface area contributed by atoms with Crippen LogP contribution in [0, 0.1) is 0 Å². The lowest BCUT2D eigenvalue weighted by Crippen LogP contribution is -2.24. The molecule has 0 bridgehead atoms. The quantitative estimate of drug-likeness (QED) is 0.770. The fourth-order valence-corrected chi connectivity index (χ4v) is 1.99. The number of thioether (sulfide) groups is 1. The van der Waals surface area contributed by atoms with E-state index in [2.05, 4.69) is 28.8 Å². The maximum atomic E-state index is 3.97. The van der Waals surface area contributed by atoms with E-state index in [0.717, 1.165) is 25.1 Å². The van der Waals surface area contributed by atoms with Gasteiger partial charge in [0.2, 0.25) is 0 Å². The number of aryl methyl sites for hydroxylation is 1. The molecule has 5 heteroatoms. The van der Waals surface area contributed by atoms with Crippen molar-refractivity contribution in [2.45, 2.75) is 25.8 Å². The zero-order valence-corrected chi connectivity index (χ0v) is 10.5. The first-order valence-electron chi connectivity index (χ1n) is 5.36. The van der Waals surface area contributed by atoms with Crippen molar-refractivity contribution >= 4 is 11.8 Å². The van der Waals surface area contributed by atoms with Gasteiger partial charge in [-0.25, -0.2) is 0 Å². The molecule has 0 fully saturated rings. The first kappa shape index (κ1) is 12.5. The van der Waals surface area contributed by atoms with Gasteiger partial charge in [-0.3, -0.25) is 4.68 Å². The molecular formula is C10H20N4S. The van der Waals surface area contributed by atoms with Crippen molar-refractivity contribution in [2.24, 2.45) is 7.05 Å². The van der Waals surface area contributed by atoms with Gasteiger partial charge in [-0.2, -0.15) is 11.8 Å². The Hall–Kier alpha value is -0.550. The largest absolute Gasteiger partial charge is 0.309 e. The molecule has 1 rings (SSSR count).